The highest BCUT2D eigenvalue weighted by Gasteiger charge is 2.12. The zero-order chi connectivity index (χ0) is 13.8. The SMILES string of the molecule is CNC(CCc1cnn(C)c1)c1ccc(Cl)c(F)c1. The summed E-state index contributed by atoms with van der Waals surface area (Å²) >= 11 is 5.70. The van der Waals surface area contributed by atoms with E-state index in [1.807, 2.05) is 32.6 Å². The first kappa shape index (κ1) is 14.0. The van der Waals surface area contributed by atoms with Gasteiger partial charge in [-0.05, 0) is 43.1 Å². The quantitative estimate of drug-likeness (QED) is 0.913. The molecule has 1 heterocycles. The Hall–Kier alpha value is -1.39. The lowest BCUT2D eigenvalue weighted by molar-refractivity contribution is 0.542. The molecule has 1 aromatic heterocycles. The van der Waals surface area contributed by atoms with Crippen molar-refractivity contribution < 1.29 is 4.39 Å². The third-order valence-corrected chi connectivity index (χ3v) is 3.48. The summed E-state index contributed by atoms with van der Waals surface area (Å²) in [7, 11) is 3.77. The van der Waals surface area contributed by atoms with Crippen LogP contribution in [0, 0.1) is 5.82 Å². The van der Waals surface area contributed by atoms with Crippen LogP contribution in [0.1, 0.15) is 23.6 Å². The lowest BCUT2D eigenvalue weighted by Gasteiger charge is -2.16. The van der Waals surface area contributed by atoms with Crippen molar-refractivity contribution in [3.8, 4) is 0 Å². The smallest absolute Gasteiger partial charge is 0.142 e. The monoisotopic (exact) mass is 281 g/mol. The van der Waals surface area contributed by atoms with Crippen LogP contribution < -0.4 is 5.32 Å². The first-order valence-electron chi connectivity index (χ1n) is 6.20. The number of aryl methyl sites for hydroxylation is 2. The van der Waals surface area contributed by atoms with Gasteiger partial charge in [0.25, 0.3) is 0 Å². The van der Waals surface area contributed by atoms with Gasteiger partial charge in [0.05, 0.1) is 11.2 Å². The van der Waals surface area contributed by atoms with E-state index in [0.717, 1.165) is 18.4 Å². The average Bonchev–Trinajstić information content (AvgIpc) is 2.80. The van der Waals surface area contributed by atoms with E-state index in [4.69, 9.17) is 11.6 Å². The Morgan fingerprint density at radius 2 is 2.26 bits per heavy atom. The van der Waals surface area contributed by atoms with Gasteiger partial charge in [0.15, 0.2) is 0 Å². The molecule has 0 radical (unpaired) electrons. The molecular weight excluding hydrogens is 265 g/mol. The Morgan fingerprint density at radius 1 is 1.47 bits per heavy atom. The zero-order valence-electron chi connectivity index (χ0n) is 11.0. The molecule has 0 aliphatic heterocycles. The first-order chi connectivity index (χ1) is 9.10. The molecule has 0 aliphatic carbocycles. The van der Waals surface area contributed by atoms with E-state index in [1.165, 1.54) is 11.6 Å². The molecule has 0 spiro atoms. The molecule has 0 fully saturated rings. The Labute approximate surface area is 117 Å². The minimum absolute atomic E-state index is 0.104. The van der Waals surface area contributed by atoms with Gasteiger partial charge in [-0.3, -0.25) is 4.68 Å². The second kappa shape index (κ2) is 6.17. The Morgan fingerprint density at radius 3 is 2.84 bits per heavy atom. The predicted molar refractivity (Wildman–Crippen MR) is 74.7 cm³/mol. The van der Waals surface area contributed by atoms with Gasteiger partial charge in [-0.2, -0.15) is 5.10 Å². The summed E-state index contributed by atoms with van der Waals surface area (Å²) < 4.78 is 15.3. The van der Waals surface area contributed by atoms with E-state index in [1.54, 1.807) is 10.7 Å². The van der Waals surface area contributed by atoms with Gasteiger partial charge >= 0.3 is 0 Å². The zero-order valence-corrected chi connectivity index (χ0v) is 11.8. The molecule has 0 saturated carbocycles. The van der Waals surface area contributed by atoms with Crippen LogP contribution in [0.25, 0.3) is 0 Å². The Balaban J connectivity index is 2.05. The van der Waals surface area contributed by atoms with Crippen molar-refractivity contribution in [2.75, 3.05) is 7.05 Å². The summed E-state index contributed by atoms with van der Waals surface area (Å²) in [6.07, 6.45) is 5.62. The largest absolute Gasteiger partial charge is 0.313 e. The first-order valence-corrected chi connectivity index (χ1v) is 6.57. The molecule has 1 N–H and O–H groups in total. The Bertz CT molecular complexity index is 553. The summed E-state index contributed by atoms with van der Waals surface area (Å²) in [6.45, 7) is 0. The second-order valence-corrected chi connectivity index (χ2v) is 4.98. The highest BCUT2D eigenvalue weighted by molar-refractivity contribution is 6.30. The van der Waals surface area contributed by atoms with Crippen molar-refractivity contribution in [3.63, 3.8) is 0 Å². The lowest BCUT2D eigenvalue weighted by atomic mass is 10.0. The molecule has 0 bridgehead atoms. The summed E-state index contributed by atoms with van der Waals surface area (Å²) in [5, 5.41) is 7.50. The van der Waals surface area contributed by atoms with Gasteiger partial charge in [0.2, 0.25) is 0 Å². The van der Waals surface area contributed by atoms with Gasteiger partial charge in [0.1, 0.15) is 5.82 Å². The van der Waals surface area contributed by atoms with Crippen LogP contribution in [-0.2, 0) is 13.5 Å². The maximum Gasteiger partial charge on any atom is 0.142 e. The summed E-state index contributed by atoms with van der Waals surface area (Å²) in [6, 6.07) is 5.05. The summed E-state index contributed by atoms with van der Waals surface area (Å²) in [5.41, 5.74) is 2.09. The van der Waals surface area contributed by atoms with E-state index in [0.29, 0.717) is 0 Å². The van der Waals surface area contributed by atoms with Crippen molar-refractivity contribution >= 4 is 11.6 Å². The topological polar surface area (TPSA) is 29.9 Å². The van der Waals surface area contributed by atoms with Gasteiger partial charge in [-0.25, -0.2) is 4.39 Å². The lowest BCUT2D eigenvalue weighted by Crippen LogP contribution is -2.17. The van der Waals surface area contributed by atoms with E-state index in [2.05, 4.69) is 10.4 Å². The van der Waals surface area contributed by atoms with Crippen LogP contribution in [-0.4, -0.2) is 16.8 Å². The second-order valence-electron chi connectivity index (χ2n) is 4.58. The summed E-state index contributed by atoms with van der Waals surface area (Å²) in [4.78, 5) is 0. The van der Waals surface area contributed by atoms with Gasteiger partial charge in [0, 0.05) is 19.3 Å². The fourth-order valence-corrected chi connectivity index (χ4v) is 2.24. The van der Waals surface area contributed by atoms with Crippen LogP contribution in [0.4, 0.5) is 4.39 Å². The molecule has 1 atom stereocenters. The fourth-order valence-electron chi connectivity index (χ4n) is 2.12. The third kappa shape index (κ3) is 3.55. The van der Waals surface area contributed by atoms with Crippen molar-refractivity contribution in [2.45, 2.75) is 18.9 Å². The van der Waals surface area contributed by atoms with Crippen molar-refractivity contribution in [2.24, 2.45) is 7.05 Å². The van der Waals surface area contributed by atoms with Gasteiger partial charge < -0.3 is 5.32 Å². The average molecular weight is 282 g/mol. The molecule has 0 amide bonds. The van der Waals surface area contributed by atoms with Crippen LogP contribution in [0.2, 0.25) is 5.02 Å². The molecule has 2 aromatic rings. The number of rotatable bonds is 5. The van der Waals surface area contributed by atoms with E-state index >= 15 is 0 Å². The molecule has 2 rings (SSSR count). The molecular formula is C14H17ClFN3. The number of nitrogens with zero attached hydrogens (tertiary/aromatic N) is 2. The molecule has 0 aliphatic rings. The number of benzene rings is 1. The highest BCUT2D eigenvalue weighted by atomic mass is 35.5. The van der Waals surface area contributed by atoms with Crippen LogP contribution >= 0.6 is 11.6 Å². The molecule has 19 heavy (non-hydrogen) atoms. The highest BCUT2D eigenvalue weighted by Crippen LogP contribution is 2.23. The predicted octanol–water partition coefficient (Wildman–Crippen LogP) is 3.11. The fraction of sp³-hybridized carbons (Fsp3) is 0.357. The summed E-state index contributed by atoms with van der Waals surface area (Å²) in [5.74, 6) is -0.374. The van der Waals surface area contributed by atoms with E-state index < -0.39 is 0 Å². The number of hydrogen-bond donors (Lipinski definition) is 1. The number of halogens is 2. The minimum Gasteiger partial charge on any atom is -0.313 e. The van der Waals surface area contributed by atoms with Crippen LogP contribution in [0.5, 0.6) is 0 Å². The van der Waals surface area contributed by atoms with E-state index in [9.17, 15) is 4.39 Å². The normalized spacial score (nSPS) is 12.6. The number of aromatic nitrogens is 2. The standard InChI is InChI=1S/C14H17ClFN3/c1-17-14(6-3-10-8-18-19(2)9-10)11-4-5-12(15)13(16)7-11/h4-5,7-9,14,17H,3,6H2,1-2H3. The molecule has 0 saturated heterocycles. The third-order valence-electron chi connectivity index (χ3n) is 3.17. The molecule has 1 unspecified atom stereocenters. The number of nitrogens with one attached hydrogen (secondary N) is 1. The maximum atomic E-state index is 13.5. The van der Waals surface area contributed by atoms with Crippen molar-refractivity contribution in [1.29, 1.82) is 0 Å². The molecule has 102 valence electrons. The van der Waals surface area contributed by atoms with E-state index in [-0.39, 0.29) is 16.9 Å². The number of hydrogen-bond acceptors (Lipinski definition) is 2. The maximum absolute atomic E-state index is 13.5. The van der Waals surface area contributed by atoms with Crippen molar-refractivity contribution in [3.05, 3.63) is 52.6 Å². The Kier molecular flexibility index (Phi) is 4.56. The molecule has 5 heteroatoms. The van der Waals surface area contributed by atoms with Gasteiger partial charge in [-0.1, -0.05) is 17.7 Å². The molecule has 1 aromatic carbocycles. The van der Waals surface area contributed by atoms with Crippen LogP contribution in [0.3, 0.4) is 0 Å². The minimum atomic E-state index is -0.374. The van der Waals surface area contributed by atoms with Gasteiger partial charge in [-0.15, -0.1) is 0 Å². The van der Waals surface area contributed by atoms with Crippen molar-refractivity contribution in [1.82, 2.24) is 15.1 Å². The molecule has 3 nitrogen and oxygen atoms in total. The van der Waals surface area contributed by atoms with Crippen LogP contribution in [0.15, 0.2) is 30.6 Å².